The van der Waals surface area contributed by atoms with Crippen molar-refractivity contribution >= 4 is 11.9 Å². The molecule has 1 heterocycles. The molecule has 0 unspecified atom stereocenters. The smallest absolute Gasteiger partial charge is 0.323 e. The number of carbonyl (C=O) groups is 2. The third kappa shape index (κ3) is 8.13. The monoisotopic (exact) mass is 420 g/mol. The normalized spacial score (nSPS) is 10.3. The molecule has 3 rings (SSSR count). The first-order valence-corrected chi connectivity index (χ1v) is 10.8. The molecule has 2 aromatic carbocycles. The minimum Gasteiger partial charge on any atom is -0.480 e. The van der Waals surface area contributed by atoms with Crippen LogP contribution in [-0.2, 0) is 11.3 Å². The fourth-order valence-electron chi connectivity index (χ4n) is 3.19. The van der Waals surface area contributed by atoms with Gasteiger partial charge in [0.25, 0.3) is 5.91 Å². The van der Waals surface area contributed by atoms with E-state index in [0.29, 0.717) is 5.56 Å². The summed E-state index contributed by atoms with van der Waals surface area (Å²) in [6.45, 7) is 4.29. The number of nitrogens with zero attached hydrogens (tertiary/aromatic N) is 1. The highest BCUT2D eigenvalue weighted by Crippen LogP contribution is 2.22. The summed E-state index contributed by atoms with van der Waals surface area (Å²) in [7, 11) is 0. The van der Waals surface area contributed by atoms with Crippen LogP contribution in [0.15, 0.2) is 79.1 Å². The summed E-state index contributed by atoms with van der Waals surface area (Å²) < 4.78 is 1.47. The van der Waals surface area contributed by atoms with Gasteiger partial charge in [-0.3, -0.25) is 9.59 Å². The van der Waals surface area contributed by atoms with Crippen LogP contribution in [-0.4, -0.2) is 21.6 Å². The second kappa shape index (κ2) is 13.1. The summed E-state index contributed by atoms with van der Waals surface area (Å²) in [6, 6.07) is 20.8. The molecule has 164 valence electrons. The van der Waals surface area contributed by atoms with E-state index in [1.54, 1.807) is 12.3 Å². The first-order chi connectivity index (χ1) is 15.0. The lowest BCUT2D eigenvalue weighted by Crippen LogP contribution is -2.29. The van der Waals surface area contributed by atoms with Gasteiger partial charge >= 0.3 is 5.97 Å². The Bertz CT molecular complexity index is 877. The second-order valence-corrected chi connectivity index (χ2v) is 7.40. The lowest BCUT2D eigenvalue weighted by atomic mass is 9.98. The molecule has 1 aromatic heterocycles. The molecule has 0 saturated heterocycles. The van der Waals surface area contributed by atoms with Gasteiger partial charge < -0.3 is 15.0 Å². The molecule has 0 aliphatic heterocycles. The molecule has 0 radical (unpaired) electrons. The Morgan fingerprint density at radius 2 is 1.39 bits per heavy atom. The largest absolute Gasteiger partial charge is 0.480 e. The van der Waals surface area contributed by atoms with Crippen molar-refractivity contribution in [2.24, 2.45) is 0 Å². The number of aliphatic carboxylic acids is 1. The quantitative estimate of drug-likeness (QED) is 0.438. The van der Waals surface area contributed by atoms with E-state index in [1.165, 1.54) is 36.4 Å². The number of aromatic nitrogens is 1. The van der Waals surface area contributed by atoms with Gasteiger partial charge in [0, 0.05) is 12.4 Å². The Morgan fingerprint density at radius 3 is 1.84 bits per heavy atom. The minimum atomic E-state index is -0.950. The van der Waals surface area contributed by atoms with Gasteiger partial charge in [0.05, 0.1) is 11.6 Å². The predicted molar refractivity (Wildman–Crippen MR) is 124 cm³/mol. The molecule has 2 N–H and O–H groups in total. The Balaban J connectivity index is 0.000000501. The average molecular weight is 421 g/mol. The van der Waals surface area contributed by atoms with Crippen LogP contribution < -0.4 is 5.32 Å². The van der Waals surface area contributed by atoms with Crippen LogP contribution in [0.3, 0.4) is 0 Å². The zero-order chi connectivity index (χ0) is 22.5. The number of amides is 1. The van der Waals surface area contributed by atoms with Crippen molar-refractivity contribution in [1.29, 1.82) is 0 Å². The number of benzene rings is 2. The molecule has 31 heavy (non-hydrogen) atoms. The first-order valence-electron chi connectivity index (χ1n) is 10.8. The maximum atomic E-state index is 12.6. The Morgan fingerprint density at radius 1 is 0.871 bits per heavy atom. The van der Waals surface area contributed by atoms with E-state index in [-0.39, 0.29) is 18.5 Å². The van der Waals surface area contributed by atoms with Crippen LogP contribution in [0.25, 0.3) is 0 Å². The molecule has 0 aliphatic carbocycles. The van der Waals surface area contributed by atoms with E-state index in [2.05, 4.69) is 19.2 Å². The van der Waals surface area contributed by atoms with E-state index in [9.17, 15) is 9.59 Å². The van der Waals surface area contributed by atoms with Crippen molar-refractivity contribution in [2.75, 3.05) is 0 Å². The lowest BCUT2D eigenvalue weighted by Gasteiger charge is -2.19. The van der Waals surface area contributed by atoms with Gasteiger partial charge in [-0.05, 0) is 17.2 Å². The highest BCUT2D eigenvalue weighted by molar-refractivity contribution is 5.94. The van der Waals surface area contributed by atoms with Crippen LogP contribution in [0, 0.1) is 0 Å². The molecule has 0 saturated carbocycles. The molecule has 3 aromatic rings. The maximum Gasteiger partial charge on any atom is 0.323 e. The molecule has 0 aliphatic rings. The molecule has 0 spiro atoms. The van der Waals surface area contributed by atoms with Gasteiger partial charge in [-0.25, -0.2) is 0 Å². The van der Waals surface area contributed by atoms with Crippen LogP contribution in [0.5, 0.6) is 0 Å². The fourth-order valence-corrected chi connectivity index (χ4v) is 3.19. The number of nitrogens with one attached hydrogen (secondary N) is 1. The molecule has 0 bridgehead atoms. The molecule has 5 nitrogen and oxygen atoms in total. The fraction of sp³-hybridized carbons (Fsp3) is 0.308. The lowest BCUT2D eigenvalue weighted by molar-refractivity contribution is -0.137. The number of carboxylic acids is 1. The summed E-state index contributed by atoms with van der Waals surface area (Å²) >= 11 is 0. The van der Waals surface area contributed by atoms with E-state index in [4.69, 9.17) is 5.11 Å². The molecular formula is C26H32N2O3. The molecular weight excluding hydrogens is 388 g/mol. The standard InChI is InChI=1S/C20H18N2O3.C6H14/c23-18(24)14-22-12-11-17(13-22)20(25)21-19(15-7-3-1-4-8-15)16-9-5-2-6-10-16;1-3-5-6-4-2/h1-13,19H,14H2,(H,21,25)(H,23,24);3-6H2,1-2H3. The number of rotatable bonds is 9. The predicted octanol–water partition coefficient (Wildman–Crippen LogP) is 5.68. The van der Waals surface area contributed by atoms with Crippen LogP contribution in [0.2, 0.25) is 0 Å². The van der Waals surface area contributed by atoms with Crippen molar-refractivity contribution in [1.82, 2.24) is 9.88 Å². The van der Waals surface area contributed by atoms with E-state index >= 15 is 0 Å². The molecule has 1 amide bonds. The van der Waals surface area contributed by atoms with Gasteiger partial charge in [0.1, 0.15) is 6.54 Å². The number of carbonyl (C=O) groups excluding carboxylic acids is 1. The third-order valence-electron chi connectivity index (χ3n) is 4.83. The van der Waals surface area contributed by atoms with Gasteiger partial charge in [0.15, 0.2) is 0 Å². The van der Waals surface area contributed by atoms with Crippen LogP contribution in [0.1, 0.15) is 67.1 Å². The second-order valence-electron chi connectivity index (χ2n) is 7.40. The highest BCUT2D eigenvalue weighted by Gasteiger charge is 2.18. The van der Waals surface area contributed by atoms with Crippen molar-refractivity contribution in [3.8, 4) is 0 Å². The average Bonchev–Trinajstić information content (AvgIpc) is 3.25. The summed E-state index contributed by atoms with van der Waals surface area (Å²) in [4.78, 5) is 23.4. The van der Waals surface area contributed by atoms with Crippen LogP contribution >= 0.6 is 0 Å². The zero-order valence-corrected chi connectivity index (χ0v) is 18.3. The summed E-state index contributed by atoms with van der Waals surface area (Å²) in [5.41, 5.74) is 2.39. The minimum absolute atomic E-state index is 0.173. The number of hydrogen-bond donors (Lipinski definition) is 2. The van der Waals surface area contributed by atoms with Gasteiger partial charge in [-0.1, -0.05) is 100 Å². The van der Waals surface area contributed by atoms with Crippen molar-refractivity contribution in [3.63, 3.8) is 0 Å². The van der Waals surface area contributed by atoms with E-state index < -0.39 is 5.97 Å². The summed E-state index contributed by atoms with van der Waals surface area (Å²) in [5, 5.41) is 11.9. The van der Waals surface area contributed by atoms with E-state index in [0.717, 1.165) is 11.1 Å². The highest BCUT2D eigenvalue weighted by atomic mass is 16.4. The number of hydrogen-bond acceptors (Lipinski definition) is 2. The SMILES string of the molecule is CCCCCC.O=C(O)Cn1ccc(C(=O)NC(c2ccccc2)c2ccccc2)c1. The Hall–Kier alpha value is -3.34. The summed E-state index contributed by atoms with van der Waals surface area (Å²) in [6.07, 6.45) is 8.66. The first kappa shape index (κ1) is 23.9. The van der Waals surface area contributed by atoms with Crippen molar-refractivity contribution in [2.45, 2.75) is 52.1 Å². The van der Waals surface area contributed by atoms with Crippen molar-refractivity contribution in [3.05, 3.63) is 95.8 Å². The number of carboxylic acid groups (broad SMARTS) is 1. The Kier molecular flexibility index (Phi) is 10.1. The molecule has 0 fully saturated rings. The van der Waals surface area contributed by atoms with Crippen molar-refractivity contribution < 1.29 is 14.7 Å². The van der Waals surface area contributed by atoms with Gasteiger partial charge in [-0.2, -0.15) is 0 Å². The summed E-state index contributed by atoms with van der Waals surface area (Å²) in [5.74, 6) is -1.20. The molecule has 0 atom stereocenters. The molecule has 5 heteroatoms. The van der Waals surface area contributed by atoms with E-state index in [1.807, 2.05) is 60.7 Å². The van der Waals surface area contributed by atoms with Gasteiger partial charge in [0.2, 0.25) is 0 Å². The number of unbranched alkanes of at least 4 members (excludes halogenated alkanes) is 3. The van der Waals surface area contributed by atoms with Crippen LogP contribution in [0.4, 0.5) is 0 Å². The third-order valence-corrected chi connectivity index (χ3v) is 4.83. The Labute approximate surface area is 184 Å². The van der Waals surface area contributed by atoms with Gasteiger partial charge in [-0.15, -0.1) is 0 Å². The maximum absolute atomic E-state index is 12.6. The zero-order valence-electron chi connectivity index (χ0n) is 18.3. The topological polar surface area (TPSA) is 71.3 Å².